The number of amides is 3. The Morgan fingerprint density at radius 3 is 2.33 bits per heavy atom. The summed E-state index contributed by atoms with van der Waals surface area (Å²) >= 11 is 15.7. The van der Waals surface area contributed by atoms with Crippen molar-refractivity contribution in [1.82, 2.24) is 10.2 Å². The molecule has 1 fully saturated rings. The fourth-order valence-corrected chi connectivity index (χ4v) is 3.93. The molecule has 1 aliphatic heterocycles. The van der Waals surface area contributed by atoms with Crippen molar-refractivity contribution in [2.45, 2.75) is 19.0 Å². The van der Waals surface area contributed by atoms with Gasteiger partial charge in [0.05, 0.1) is 6.54 Å². The van der Waals surface area contributed by atoms with Gasteiger partial charge in [-0.2, -0.15) is 0 Å². The number of benzene rings is 2. The molecule has 24 heavy (non-hydrogen) atoms. The van der Waals surface area contributed by atoms with Crippen LogP contribution < -0.4 is 5.32 Å². The largest absolute Gasteiger partial charge is 0.325 e. The number of carbonyl (C=O) groups is 2. The molecule has 3 rings (SSSR count). The Balaban J connectivity index is 1.97. The molecule has 7 heteroatoms. The van der Waals surface area contributed by atoms with Gasteiger partial charge in [-0.1, -0.05) is 63.4 Å². The molecular formula is C17H13BrCl2N2O2. The summed E-state index contributed by atoms with van der Waals surface area (Å²) in [5.41, 5.74) is 0.0853. The van der Waals surface area contributed by atoms with Gasteiger partial charge < -0.3 is 5.32 Å². The predicted octanol–water partition coefficient (Wildman–Crippen LogP) is 4.72. The van der Waals surface area contributed by atoms with Crippen LogP contribution in [0.2, 0.25) is 10.0 Å². The second kappa shape index (κ2) is 6.39. The summed E-state index contributed by atoms with van der Waals surface area (Å²) < 4.78 is 0.749. The first-order chi connectivity index (χ1) is 11.3. The number of hydrogen-bond donors (Lipinski definition) is 1. The Bertz CT molecular complexity index is 823. The van der Waals surface area contributed by atoms with E-state index in [-0.39, 0.29) is 12.5 Å². The minimum atomic E-state index is -1.15. The number of urea groups is 1. The Kier molecular flexibility index (Phi) is 4.60. The Labute approximate surface area is 157 Å². The zero-order valence-corrected chi connectivity index (χ0v) is 15.7. The molecule has 1 heterocycles. The molecule has 1 aliphatic rings. The quantitative estimate of drug-likeness (QED) is 0.720. The zero-order valence-electron chi connectivity index (χ0n) is 12.6. The van der Waals surface area contributed by atoms with E-state index in [1.807, 2.05) is 18.2 Å². The Morgan fingerprint density at radius 2 is 1.71 bits per heavy atom. The molecule has 0 aromatic heterocycles. The van der Waals surface area contributed by atoms with Gasteiger partial charge in [0.1, 0.15) is 5.54 Å². The minimum absolute atomic E-state index is 0.0171. The number of halogens is 3. The minimum Gasteiger partial charge on any atom is -0.319 e. The monoisotopic (exact) mass is 426 g/mol. The van der Waals surface area contributed by atoms with E-state index in [9.17, 15) is 9.59 Å². The number of nitrogens with zero attached hydrogens (tertiary/aromatic N) is 1. The molecule has 1 atom stereocenters. The topological polar surface area (TPSA) is 49.4 Å². The molecule has 0 aliphatic carbocycles. The number of carbonyl (C=O) groups excluding carboxylic acids is 2. The first-order valence-electron chi connectivity index (χ1n) is 7.16. The van der Waals surface area contributed by atoms with Gasteiger partial charge in [-0.05, 0) is 25.1 Å². The molecule has 3 amide bonds. The number of rotatable bonds is 3. The van der Waals surface area contributed by atoms with Crippen LogP contribution in [0.5, 0.6) is 0 Å². The summed E-state index contributed by atoms with van der Waals surface area (Å²) in [6.07, 6.45) is 0. The molecule has 0 spiro atoms. The fraction of sp³-hybridized carbons (Fsp3) is 0.176. The highest BCUT2D eigenvalue weighted by Gasteiger charge is 2.49. The van der Waals surface area contributed by atoms with Crippen molar-refractivity contribution in [1.29, 1.82) is 0 Å². The van der Waals surface area contributed by atoms with Crippen molar-refractivity contribution < 1.29 is 9.59 Å². The SMILES string of the molecule is CC1(c2ccccc2Br)NC(=O)N(Cc2c(Cl)cccc2Cl)C1=O. The third-order valence-electron chi connectivity index (χ3n) is 4.07. The molecule has 4 nitrogen and oxygen atoms in total. The van der Waals surface area contributed by atoms with Gasteiger partial charge in [0.15, 0.2) is 0 Å². The lowest BCUT2D eigenvalue weighted by Crippen LogP contribution is -2.41. The lowest BCUT2D eigenvalue weighted by Gasteiger charge is -2.23. The second-order valence-corrected chi connectivity index (χ2v) is 7.30. The van der Waals surface area contributed by atoms with Crippen LogP contribution in [0.4, 0.5) is 4.79 Å². The van der Waals surface area contributed by atoms with Crippen molar-refractivity contribution >= 4 is 51.1 Å². The molecule has 0 radical (unpaired) electrons. The molecule has 0 saturated carbocycles. The Morgan fingerprint density at radius 1 is 1.08 bits per heavy atom. The average Bonchev–Trinajstić information content (AvgIpc) is 2.75. The second-order valence-electron chi connectivity index (χ2n) is 5.63. The number of hydrogen-bond acceptors (Lipinski definition) is 2. The molecule has 2 aromatic rings. The molecular weight excluding hydrogens is 415 g/mol. The third-order valence-corrected chi connectivity index (χ3v) is 5.47. The molecule has 124 valence electrons. The maximum Gasteiger partial charge on any atom is 0.325 e. The van der Waals surface area contributed by atoms with E-state index in [2.05, 4.69) is 21.2 Å². The highest BCUT2D eigenvalue weighted by Crippen LogP contribution is 2.35. The molecule has 1 unspecified atom stereocenters. The van der Waals surface area contributed by atoms with Gasteiger partial charge in [0.2, 0.25) is 0 Å². The molecule has 1 N–H and O–H groups in total. The van der Waals surface area contributed by atoms with Crippen LogP contribution in [0.15, 0.2) is 46.9 Å². The fourth-order valence-electron chi connectivity index (χ4n) is 2.73. The standard InChI is InChI=1S/C17H13BrCl2N2O2/c1-17(11-5-2-3-6-12(11)18)15(23)22(16(24)21-17)9-10-13(19)7-4-8-14(10)20/h2-8H,9H2,1H3,(H,21,24). The summed E-state index contributed by atoms with van der Waals surface area (Å²) in [5, 5.41) is 3.60. The van der Waals surface area contributed by atoms with Crippen molar-refractivity contribution in [3.63, 3.8) is 0 Å². The van der Waals surface area contributed by atoms with Crippen LogP contribution in [0.25, 0.3) is 0 Å². The van der Waals surface area contributed by atoms with E-state index >= 15 is 0 Å². The van der Waals surface area contributed by atoms with Gasteiger partial charge in [0.25, 0.3) is 5.91 Å². The van der Waals surface area contributed by atoms with E-state index in [0.717, 1.165) is 9.37 Å². The summed E-state index contributed by atoms with van der Waals surface area (Å²) in [4.78, 5) is 26.5. The Hall–Kier alpha value is -1.56. The molecule has 1 saturated heterocycles. The van der Waals surface area contributed by atoms with E-state index in [0.29, 0.717) is 21.2 Å². The summed E-state index contributed by atoms with van der Waals surface area (Å²) in [5.74, 6) is -0.351. The molecule has 2 aromatic carbocycles. The number of imide groups is 1. The summed E-state index contributed by atoms with van der Waals surface area (Å²) in [6.45, 7) is 1.70. The summed E-state index contributed by atoms with van der Waals surface area (Å²) in [7, 11) is 0. The smallest absolute Gasteiger partial charge is 0.319 e. The van der Waals surface area contributed by atoms with Crippen molar-refractivity contribution in [2.75, 3.05) is 0 Å². The van der Waals surface area contributed by atoms with Crippen LogP contribution in [0.1, 0.15) is 18.1 Å². The lowest BCUT2D eigenvalue weighted by molar-refractivity contribution is -0.131. The summed E-state index contributed by atoms with van der Waals surface area (Å²) in [6, 6.07) is 11.9. The van der Waals surface area contributed by atoms with E-state index in [1.165, 1.54) is 0 Å². The van der Waals surface area contributed by atoms with Crippen LogP contribution in [-0.2, 0) is 16.9 Å². The average molecular weight is 428 g/mol. The van der Waals surface area contributed by atoms with Crippen LogP contribution in [-0.4, -0.2) is 16.8 Å². The highest BCUT2D eigenvalue weighted by atomic mass is 79.9. The van der Waals surface area contributed by atoms with Crippen molar-refractivity contribution in [3.05, 3.63) is 68.1 Å². The van der Waals surface area contributed by atoms with E-state index in [4.69, 9.17) is 23.2 Å². The van der Waals surface area contributed by atoms with Crippen molar-refractivity contribution in [3.8, 4) is 0 Å². The van der Waals surface area contributed by atoms with Crippen LogP contribution >= 0.6 is 39.1 Å². The predicted molar refractivity (Wildman–Crippen MR) is 97.0 cm³/mol. The highest BCUT2D eigenvalue weighted by molar-refractivity contribution is 9.10. The van der Waals surface area contributed by atoms with Crippen molar-refractivity contribution in [2.24, 2.45) is 0 Å². The first-order valence-corrected chi connectivity index (χ1v) is 8.71. The van der Waals surface area contributed by atoms with Gasteiger partial charge >= 0.3 is 6.03 Å². The van der Waals surface area contributed by atoms with Gasteiger partial charge in [-0.25, -0.2) is 4.79 Å². The molecule has 0 bridgehead atoms. The van der Waals surface area contributed by atoms with Gasteiger partial charge in [-0.15, -0.1) is 0 Å². The third kappa shape index (κ3) is 2.81. The van der Waals surface area contributed by atoms with Crippen LogP contribution in [0.3, 0.4) is 0 Å². The van der Waals surface area contributed by atoms with Gasteiger partial charge in [-0.3, -0.25) is 9.69 Å². The zero-order chi connectivity index (χ0) is 17.5. The number of nitrogens with one attached hydrogen (secondary N) is 1. The van der Waals surface area contributed by atoms with Gasteiger partial charge in [0, 0.05) is 25.6 Å². The van der Waals surface area contributed by atoms with Crippen LogP contribution in [0, 0.1) is 0 Å². The maximum absolute atomic E-state index is 13.0. The first kappa shape index (κ1) is 17.3. The lowest BCUT2D eigenvalue weighted by atomic mass is 9.92. The van der Waals surface area contributed by atoms with E-state index < -0.39 is 11.6 Å². The van der Waals surface area contributed by atoms with E-state index in [1.54, 1.807) is 31.2 Å². The normalized spacial score (nSPS) is 20.4. The maximum atomic E-state index is 13.0.